The highest BCUT2D eigenvalue weighted by atomic mass is 127. The Morgan fingerprint density at radius 3 is 2.41 bits per heavy atom. The minimum atomic E-state index is -0.468. The van der Waals surface area contributed by atoms with E-state index < -0.39 is 5.60 Å². The van der Waals surface area contributed by atoms with Crippen LogP contribution in [0, 0.1) is 0 Å². The molecule has 6 heteroatoms. The minimum absolute atomic E-state index is 0. The average Bonchev–Trinajstić information content (AvgIpc) is 2.93. The van der Waals surface area contributed by atoms with Gasteiger partial charge in [0.1, 0.15) is 12.1 Å². The van der Waals surface area contributed by atoms with Crippen molar-refractivity contribution in [2.75, 3.05) is 13.6 Å². The Morgan fingerprint density at radius 1 is 1.47 bits per heavy atom. The number of guanidine groups is 1. The summed E-state index contributed by atoms with van der Waals surface area (Å²) in [5.41, 5.74) is 5.27. The van der Waals surface area contributed by atoms with Gasteiger partial charge in [-0.05, 0) is 33.6 Å². The second kappa shape index (κ2) is 6.42. The third-order valence-electron chi connectivity index (χ3n) is 2.25. The molecule has 100 valence electrons. The van der Waals surface area contributed by atoms with E-state index in [0.717, 1.165) is 12.8 Å². The third kappa shape index (κ3) is 6.70. The number of nitrogens with two attached hydrogens (primary N) is 1. The van der Waals surface area contributed by atoms with Crippen molar-refractivity contribution in [2.24, 2.45) is 10.7 Å². The molecule has 2 N–H and O–H groups in total. The maximum absolute atomic E-state index is 11.4. The summed E-state index contributed by atoms with van der Waals surface area (Å²) in [5, 5.41) is 0. The van der Waals surface area contributed by atoms with Crippen molar-refractivity contribution in [3.05, 3.63) is 0 Å². The van der Waals surface area contributed by atoms with E-state index in [1.54, 1.807) is 0 Å². The number of nitrogens with zero attached hydrogens (tertiary/aromatic N) is 2. The Kier molecular flexibility index (Phi) is 6.22. The van der Waals surface area contributed by atoms with Crippen LogP contribution in [-0.4, -0.2) is 42.1 Å². The van der Waals surface area contributed by atoms with Crippen molar-refractivity contribution < 1.29 is 9.53 Å². The van der Waals surface area contributed by atoms with E-state index >= 15 is 0 Å². The maximum Gasteiger partial charge on any atom is 0.328 e. The molecule has 1 rings (SSSR count). The van der Waals surface area contributed by atoms with Crippen molar-refractivity contribution in [2.45, 2.75) is 45.3 Å². The van der Waals surface area contributed by atoms with Gasteiger partial charge in [0.15, 0.2) is 5.96 Å². The molecule has 0 saturated heterocycles. The predicted octanol–water partition coefficient (Wildman–Crippen LogP) is 1.35. The largest absolute Gasteiger partial charge is 0.459 e. The van der Waals surface area contributed by atoms with E-state index in [0.29, 0.717) is 12.0 Å². The summed E-state index contributed by atoms with van der Waals surface area (Å²) < 4.78 is 5.12. The SMILES string of the molecule is CN(C(N)=NCC(=O)OC(C)(C)C)C1CC1.I. The van der Waals surface area contributed by atoms with Gasteiger partial charge in [-0.1, -0.05) is 0 Å². The highest BCUT2D eigenvalue weighted by Crippen LogP contribution is 2.24. The first-order valence-corrected chi connectivity index (χ1v) is 5.54. The van der Waals surface area contributed by atoms with Crippen LogP contribution in [0.15, 0.2) is 4.99 Å². The molecular formula is C11H22IN3O2. The predicted molar refractivity (Wildman–Crippen MR) is 78.5 cm³/mol. The van der Waals surface area contributed by atoms with Crippen LogP contribution in [0.3, 0.4) is 0 Å². The first kappa shape index (κ1) is 16.5. The van der Waals surface area contributed by atoms with Crippen LogP contribution in [0.5, 0.6) is 0 Å². The van der Waals surface area contributed by atoms with Crippen LogP contribution in [-0.2, 0) is 9.53 Å². The molecule has 0 aliphatic heterocycles. The summed E-state index contributed by atoms with van der Waals surface area (Å²) in [6.45, 7) is 5.47. The number of carbonyl (C=O) groups is 1. The van der Waals surface area contributed by atoms with Crippen LogP contribution in [0.25, 0.3) is 0 Å². The van der Waals surface area contributed by atoms with Gasteiger partial charge < -0.3 is 15.4 Å². The molecular weight excluding hydrogens is 333 g/mol. The van der Waals surface area contributed by atoms with E-state index in [-0.39, 0.29) is 36.5 Å². The molecule has 0 atom stereocenters. The smallest absolute Gasteiger partial charge is 0.328 e. The quantitative estimate of drug-likeness (QED) is 0.359. The van der Waals surface area contributed by atoms with Gasteiger partial charge in [-0.3, -0.25) is 4.79 Å². The van der Waals surface area contributed by atoms with Gasteiger partial charge in [0.05, 0.1) is 0 Å². The fourth-order valence-corrected chi connectivity index (χ4v) is 1.28. The van der Waals surface area contributed by atoms with Crippen LogP contribution in [0.4, 0.5) is 0 Å². The molecule has 0 unspecified atom stereocenters. The number of aliphatic imine (C=N–C) groups is 1. The van der Waals surface area contributed by atoms with Crippen LogP contribution in [0.2, 0.25) is 0 Å². The van der Waals surface area contributed by atoms with Gasteiger partial charge in [-0.25, -0.2) is 4.99 Å². The standard InChI is InChI=1S/C11H21N3O2.HI/c1-11(2,3)16-9(15)7-13-10(12)14(4)8-5-6-8;/h8H,5-7H2,1-4H3,(H2,12,13);1H. The molecule has 0 aromatic carbocycles. The van der Waals surface area contributed by atoms with E-state index in [1.165, 1.54) is 0 Å². The van der Waals surface area contributed by atoms with E-state index in [1.807, 2.05) is 32.7 Å². The molecule has 0 bridgehead atoms. The lowest BCUT2D eigenvalue weighted by atomic mass is 10.2. The van der Waals surface area contributed by atoms with Crippen molar-refractivity contribution in [1.29, 1.82) is 0 Å². The van der Waals surface area contributed by atoms with Crippen LogP contribution >= 0.6 is 24.0 Å². The molecule has 0 aromatic rings. The number of hydrogen-bond donors (Lipinski definition) is 1. The summed E-state index contributed by atoms with van der Waals surface area (Å²) in [4.78, 5) is 17.3. The topological polar surface area (TPSA) is 67.9 Å². The molecule has 1 fully saturated rings. The average molecular weight is 355 g/mol. The van der Waals surface area contributed by atoms with Gasteiger partial charge >= 0.3 is 5.97 Å². The molecule has 0 spiro atoms. The second-order valence-corrected chi connectivity index (χ2v) is 5.10. The Balaban J connectivity index is 0.00000256. The van der Waals surface area contributed by atoms with Crippen molar-refractivity contribution in [1.82, 2.24) is 4.90 Å². The van der Waals surface area contributed by atoms with Crippen molar-refractivity contribution >= 4 is 35.9 Å². The van der Waals surface area contributed by atoms with E-state index in [4.69, 9.17) is 10.5 Å². The third-order valence-corrected chi connectivity index (χ3v) is 2.25. The summed E-state index contributed by atoms with van der Waals surface area (Å²) in [5.74, 6) is 0.0630. The molecule has 1 saturated carbocycles. The van der Waals surface area contributed by atoms with Gasteiger partial charge in [-0.15, -0.1) is 24.0 Å². The van der Waals surface area contributed by atoms with Gasteiger partial charge in [0.25, 0.3) is 0 Å². The Labute approximate surface area is 120 Å². The first-order chi connectivity index (χ1) is 7.29. The Morgan fingerprint density at radius 2 is 2.00 bits per heavy atom. The normalized spacial score (nSPS) is 16.1. The lowest BCUT2D eigenvalue weighted by Gasteiger charge is -2.20. The molecule has 1 aliphatic carbocycles. The molecule has 0 aromatic heterocycles. The highest BCUT2D eigenvalue weighted by molar-refractivity contribution is 14.0. The monoisotopic (exact) mass is 355 g/mol. The number of rotatable bonds is 3. The minimum Gasteiger partial charge on any atom is -0.459 e. The zero-order valence-electron chi connectivity index (χ0n) is 10.9. The number of esters is 1. The zero-order valence-corrected chi connectivity index (χ0v) is 13.2. The van der Waals surface area contributed by atoms with E-state index in [9.17, 15) is 4.79 Å². The first-order valence-electron chi connectivity index (χ1n) is 5.54. The highest BCUT2D eigenvalue weighted by Gasteiger charge is 2.27. The van der Waals surface area contributed by atoms with E-state index in [2.05, 4.69) is 4.99 Å². The second-order valence-electron chi connectivity index (χ2n) is 5.10. The Bertz CT molecular complexity index is 296. The van der Waals surface area contributed by atoms with Crippen LogP contribution in [0.1, 0.15) is 33.6 Å². The number of carbonyl (C=O) groups excluding carboxylic acids is 1. The van der Waals surface area contributed by atoms with Gasteiger partial charge in [-0.2, -0.15) is 0 Å². The van der Waals surface area contributed by atoms with Crippen molar-refractivity contribution in [3.8, 4) is 0 Å². The zero-order chi connectivity index (χ0) is 12.3. The lowest BCUT2D eigenvalue weighted by Crippen LogP contribution is -2.36. The molecule has 0 radical (unpaired) electrons. The fourth-order valence-electron chi connectivity index (χ4n) is 1.28. The number of halogens is 1. The summed E-state index contributed by atoms with van der Waals surface area (Å²) in [6.07, 6.45) is 2.30. The molecule has 0 heterocycles. The fraction of sp³-hybridized carbons (Fsp3) is 0.818. The van der Waals surface area contributed by atoms with Gasteiger partial charge in [0, 0.05) is 13.1 Å². The van der Waals surface area contributed by atoms with Crippen LogP contribution < -0.4 is 5.73 Å². The maximum atomic E-state index is 11.4. The summed E-state index contributed by atoms with van der Waals surface area (Å²) >= 11 is 0. The molecule has 1 aliphatic rings. The van der Waals surface area contributed by atoms with Gasteiger partial charge in [0.2, 0.25) is 0 Å². The summed E-state index contributed by atoms with van der Waals surface area (Å²) in [6, 6.07) is 0.502. The lowest BCUT2D eigenvalue weighted by molar-refractivity contribution is -0.152. The number of hydrogen-bond acceptors (Lipinski definition) is 3. The molecule has 5 nitrogen and oxygen atoms in total. The Hall–Kier alpha value is -0.530. The summed E-state index contributed by atoms with van der Waals surface area (Å²) in [7, 11) is 1.89. The number of ether oxygens (including phenoxy) is 1. The van der Waals surface area contributed by atoms with Crippen molar-refractivity contribution in [3.63, 3.8) is 0 Å². The molecule has 17 heavy (non-hydrogen) atoms. The molecule has 0 amide bonds.